The predicted molar refractivity (Wildman–Crippen MR) is 303 cm³/mol. The second-order valence-electron chi connectivity index (χ2n) is 21.5. The van der Waals surface area contributed by atoms with Crippen LogP contribution in [-0.4, -0.2) is 92.4 Å². The van der Waals surface area contributed by atoms with Crippen molar-refractivity contribution in [3.05, 3.63) is 12.2 Å². The molecular weight excluding hydrogens is 901 g/mol. The van der Waals surface area contributed by atoms with Crippen molar-refractivity contribution in [2.24, 2.45) is 0 Å². The van der Waals surface area contributed by atoms with E-state index in [2.05, 4.69) is 51.7 Å². The summed E-state index contributed by atoms with van der Waals surface area (Å²) in [6, 6.07) is 0. The molecule has 0 N–H and O–H groups in total. The first-order chi connectivity index (χ1) is 35.1. The van der Waals surface area contributed by atoms with Crippen molar-refractivity contribution in [3.8, 4) is 0 Å². The van der Waals surface area contributed by atoms with E-state index in [9.17, 15) is 19.2 Å². The molecule has 10 heteroatoms. The van der Waals surface area contributed by atoms with Crippen LogP contribution in [0, 0.1) is 0 Å². The standard InChI is InChI=1S/C62H118N2O8/c1-8-13-18-31-40-55-69-59(65)51-41-53-64(54-42-52-63(6)7)62(68)72-58(47-36-27-23-25-29-38-49-60(66)70-56(43-32-19-14-9-2)44-33-20-15-10-3)48-37-28-24-26-30-39-50-61(67)71-57(45-34-21-16-11-4)46-35-22-17-12-5/h18,31,56-58H,8-17,19-30,32-55H2,1-7H3/b31-18-. The zero-order chi connectivity index (χ0) is 53.0. The highest BCUT2D eigenvalue weighted by atomic mass is 16.6. The first kappa shape index (κ1) is 69.4. The Hall–Kier alpha value is -2.62. The van der Waals surface area contributed by atoms with E-state index >= 15 is 0 Å². The molecule has 424 valence electrons. The number of ether oxygens (including phenoxy) is 4. The van der Waals surface area contributed by atoms with Crippen LogP contribution in [-0.2, 0) is 33.3 Å². The van der Waals surface area contributed by atoms with Gasteiger partial charge in [-0.2, -0.15) is 0 Å². The highest BCUT2D eigenvalue weighted by Crippen LogP contribution is 2.22. The summed E-state index contributed by atoms with van der Waals surface area (Å²) < 4.78 is 23.8. The van der Waals surface area contributed by atoms with Gasteiger partial charge in [0.2, 0.25) is 0 Å². The second-order valence-corrected chi connectivity index (χ2v) is 21.5. The number of hydrogen-bond donors (Lipinski definition) is 0. The lowest BCUT2D eigenvalue weighted by atomic mass is 10.0. The van der Waals surface area contributed by atoms with Crippen LogP contribution < -0.4 is 0 Å². The Kier molecular flexibility index (Phi) is 51.3. The van der Waals surface area contributed by atoms with E-state index in [0.717, 1.165) is 173 Å². The Balaban J connectivity index is 5.21. The Bertz CT molecular complexity index is 1180. The molecule has 0 rings (SSSR count). The van der Waals surface area contributed by atoms with E-state index in [-0.39, 0.29) is 48.7 Å². The largest absolute Gasteiger partial charge is 0.465 e. The van der Waals surface area contributed by atoms with Gasteiger partial charge in [-0.15, -0.1) is 0 Å². The highest BCUT2D eigenvalue weighted by Gasteiger charge is 2.21. The van der Waals surface area contributed by atoms with Gasteiger partial charge in [-0.1, -0.05) is 182 Å². The topological polar surface area (TPSA) is 112 Å². The molecule has 0 radical (unpaired) electrons. The van der Waals surface area contributed by atoms with E-state index in [1.165, 1.54) is 77.0 Å². The fraction of sp³-hybridized carbons (Fsp3) is 0.903. The van der Waals surface area contributed by atoms with Crippen molar-refractivity contribution in [2.75, 3.05) is 40.3 Å². The third-order valence-electron chi connectivity index (χ3n) is 14.0. The van der Waals surface area contributed by atoms with Crippen molar-refractivity contribution in [3.63, 3.8) is 0 Å². The number of hydrogen-bond acceptors (Lipinski definition) is 9. The summed E-state index contributed by atoms with van der Waals surface area (Å²) in [6.45, 7) is 13.4. The van der Waals surface area contributed by atoms with Crippen molar-refractivity contribution in [1.29, 1.82) is 0 Å². The number of amides is 1. The van der Waals surface area contributed by atoms with Gasteiger partial charge in [0.1, 0.15) is 18.3 Å². The molecule has 72 heavy (non-hydrogen) atoms. The second kappa shape index (κ2) is 53.2. The lowest BCUT2D eigenvalue weighted by molar-refractivity contribution is -0.151. The summed E-state index contributed by atoms with van der Waals surface area (Å²) in [5, 5.41) is 0. The number of rotatable bonds is 54. The average molecular weight is 1020 g/mol. The number of carbonyl (C=O) groups is 4. The molecule has 0 saturated carbocycles. The summed E-state index contributed by atoms with van der Waals surface area (Å²) in [4.78, 5) is 56.0. The third kappa shape index (κ3) is 47.1. The number of esters is 3. The number of unbranched alkanes of at least 4 members (excludes halogenated alkanes) is 23. The van der Waals surface area contributed by atoms with Gasteiger partial charge < -0.3 is 28.7 Å². The Morgan fingerprint density at radius 2 is 0.708 bits per heavy atom. The first-order valence-electron chi connectivity index (χ1n) is 30.9. The van der Waals surface area contributed by atoms with Gasteiger partial charge in [0.25, 0.3) is 0 Å². The third-order valence-corrected chi connectivity index (χ3v) is 14.0. The van der Waals surface area contributed by atoms with Crippen LogP contribution in [0.25, 0.3) is 0 Å². The van der Waals surface area contributed by atoms with Crippen LogP contribution >= 0.6 is 0 Å². The SMILES string of the molecule is CCC/C=C\CCOC(=O)CCCN(CCCN(C)C)C(=O)OC(CCCCCCCCC(=O)OC(CCCCCC)CCCCCC)CCCCCCCCC(=O)OC(CCCCCC)CCCCCC. The first-order valence-corrected chi connectivity index (χ1v) is 30.9. The van der Waals surface area contributed by atoms with Gasteiger partial charge in [-0.25, -0.2) is 4.79 Å². The van der Waals surface area contributed by atoms with Gasteiger partial charge in [0.05, 0.1) is 6.61 Å². The van der Waals surface area contributed by atoms with E-state index in [1.807, 2.05) is 14.1 Å². The Morgan fingerprint density at radius 3 is 1.11 bits per heavy atom. The molecule has 0 atom stereocenters. The van der Waals surface area contributed by atoms with E-state index in [1.54, 1.807) is 4.90 Å². The van der Waals surface area contributed by atoms with Crippen LogP contribution in [0.1, 0.15) is 304 Å². The fourth-order valence-corrected chi connectivity index (χ4v) is 9.39. The predicted octanol–water partition coefficient (Wildman–Crippen LogP) is 17.8. The zero-order valence-electron chi connectivity index (χ0n) is 48.6. The molecule has 0 aliphatic rings. The molecule has 1 amide bonds. The number of nitrogens with zero attached hydrogens (tertiary/aromatic N) is 2. The molecule has 10 nitrogen and oxygen atoms in total. The van der Waals surface area contributed by atoms with Crippen LogP contribution in [0.15, 0.2) is 12.2 Å². The van der Waals surface area contributed by atoms with Gasteiger partial charge in [0.15, 0.2) is 0 Å². The normalized spacial score (nSPS) is 11.7. The maximum atomic E-state index is 13.9. The Morgan fingerprint density at radius 1 is 0.361 bits per heavy atom. The highest BCUT2D eigenvalue weighted by molar-refractivity contribution is 5.70. The van der Waals surface area contributed by atoms with Gasteiger partial charge in [-0.3, -0.25) is 14.4 Å². The summed E-state index contributed by atoms with van der Waals surface area (Å²) in [5.41, 5.74) is 0. The summed E-state index contributed by atoms with van der Waals surface area (Å²) in [7, 11) is 4.08. The molecule has 0 spiro atoms. The molecule has 0 aliphatic heterocycles. The quantitative estimate of drug-likeness (QED) is 0.0254. The van der Waals surface area contributed by atoms with Crippen LogP contribution in [0.3, 0.4) is 0 Å². The molecule has 0 aromatic heterocycles. The average Bonchev–Trinajstić information content (AvgIpc) is 3.35. The number of allylic oxidation sites excluding steroid dienone is 1. The van der Waals surface area contributed by atoms with Gasteiger partial charge >= 0.3 is 24.0 Å². The molecule has 0 bridgehead atoms. The molecule has 0 aromatic carbocycles. The molecule has 0 unspecified atom stereocenters. The van der Waals surface area contributed by atoms with Crippen molar-refractivity contribution < 1.29 is 38.1 Å². The minimum Gasteiger partial charge on any atom is -0.465 e. The zero-order valence-corrected chi connectivity index (χ0v) is 48.6. The minimum absolute atomic E-state index is 0.0258. The van der Waals surface area contributed by atoms with Crippen LogP contribution in [0.5, 0.6) is 0 Å². The van der Waals surface area contributed by atoms with Gasteiger partial charge in [0, 0.05) is 32.4 Å². The molecule has 0 saturated heterocycles. The summed E-state index contributed by atoms with van der Waals surface area (Å²) in [5.74, 6) is -0.271. The summed E-state index contributed by atoms with van der Waals surface area (Å²) in [6.07, 6.45) is 46.7. The van der Waals surface area contributed by atoms with Crippen molar-refractivity contribution in [1.82, 2.24) is 9.80 Å². The van der Waals surface area contributed by atoms with Gasteiger partial charge in [-0.05, 0) is 136 Å². The molecule has 0 fully saturated rings. The maximum Gasteiger partial charge on any atom is 0.410 e. The van der Waals surface area contributed by atoms with Crippen LogP contribution in [0.2, 0.25) is 0 Å². The molecule has 0 aliphatic carbocycles. The molecule has 0 heterocycles. The number of carbonyl (C=O) groups excluding carboxylic acids is 4. The fourth-order valence-electron chi connectivity index (χ4n) is 9.39. The van der Waals surface area contributed by atoms with E-state index in [4.69, 9.17) is 18.9 Å². The lowest BCUT2D eigenvalue weighted by Crippen LogP contribution is -2.37. The molecule has 0 aromatic rings. The van der Waals surface area contributed by atoms with E-state index in [0.29, 0.717) is 39.0 Å². The summed E-state index contributed by atoms with van der Waals surface area (Å²) >= 11 is 0. The van der Waals surface area contributed by atoms with Crippen molar-refractivity contribution in [2.45, 2.75) is 323 Å². The van der Waals surface area contributed by atoms with E-state index < -0.39 is 0 Å². The minimum atomic E-state index is -0.278. The Labute approximate surface area is 445 Å². The molecular formula is C62H118N2O8. The monoisotopic (exact) mass is 1020 g/mol. The van der Waals surface area contributed by atoms with Crippen molar-refractivity contribution >= 4 is 24.0 Å². The maximum absolute atomic E-state index is 13.9. The lowest BCUT2D eigenvalue weighted by Gasteiger charge is -2.26. The smallest absolute Gasteiger partial charge is 0.410 e. The van der Waals surface area contributed by atoms with Crippen LogP contribution in [0.4, 0.5) is 4.79 Å².